The molecule has 0 aromatic carbocycles. The van der Waals surface area contributed by atoms with Crippen molar-refractivity contribution in [3.8, 4) is 0 Å². The summed E-state index contributed by atoms with van der Waals surface area (Å²) in [5.41, 5.74) is 0. The summed E-state index contributed by atoms with van der Waals surface area (Å²) < 4.78 is 22.9. The van der Waals surface area contributed by atoms with Gasteiger partial charge in [-0.2, -0.15) is 0 Å². The summed E-state index contributed by atoms with van der Waals surface area (Å²) in [5.74, 6) is -0.238. The lowest BCUT2D eigenvalue weighted by Crippen LogP contribution is -2.65. The Morgan fingerprint density at radius 1 is 0.381 bits per heavy atom. The molecule has 560 valence electrons. The summed E-state index contributed by atoms with van der Waals surface area (Å²) in [6, 6.07) is -0.921. The smallest absolute Gasteiger partial charge is 0.220 e. The maximum atomic E-state index is 13.4. The third-order valence-electron chi connectivity index (χ3n) is 18.7. The number of carbonyl (C=O) groups excluding carboxylic acids is 1. The number of allylic oxidation sites excluding steroid dienone is 17. The number of aliphatic hydroxyl groups is 8. The van der Waals surface area contributed by atoms with Gasteiger partial charge < -0.3 is 65.1 Å². The summed E-state index contributed by atoms with van der Waals surface area (Å²) in [6.07, 6.45) is 78.7. The van der Waals surface area contributed by atoms with E-state index >= 15 is 0 Å². The second kappa shape index (κ2) is 65.9. The van der Waals surface area contributed by atoms with E-state index in [4.69, 9.17) is 18.9 Å². The van der Waals surface area contributed by atoms with Crippen LogP contribution in [0.5, 0.6) is 0 Å². The lowest BCUT2D eigenvalue weighted by molar-refractivity contribution is -0.359. The van der Waals surface area contributed by atoms with Gasteiger partial charge in [-0.1, -0.05) is 335 Å². The number of unbranched alkanes of at least 4 members (excludes halogenated alkanes) is 36. The predicted molar refractivity (Wildman–Crippen MR) is 401 cm³/mol. The van der Waals surface area contributed by atoms with E-state index in [1.807, 2.05) is 6.08 Å². The topological polar surface area (TPSA) is 228 Å². The SMILES string of the molecule is CC/C=C\C/C=C\C/C=C\C/C=C\C/C=C\C/C=C\C/C=C\C/C=C\CCCCCCCCCCCCCCCCCCC(=O)NC(COC1OC(CO)C(OC2OC(CO)C(O)C(O)C2O)C(O)C1O)C(O)/C=C/CCCCCCCCCCCCCCCCCCCCCC. The Bertz CT molecular complexity index is 2050. The van der Waals surface area contributed by atoms with Crippen molar-refractivity contribution < 1.29 is 64.6 Å². The van der Waals surface area contributed by atoms with Crippen LogP contribution in [0.3, 0.4) is 0 Å². The zero-order chi connectivity index (χ0) is 70.1. The maximum Gasteiger partial charge on any atom is 0.220 e. The molecule has 0 saturated carbocycles. The van der Waals surface area contributed by atoms with Crippen molar-refractivity contribution in [3.05, 3.63) is 109 Å². The van der Waals surface area contributed by atoms with Crippen LogP contribution >= 0.6 is 0 Å². The Kier molecular flexibility index (Phi) is 61.0. The van der Waals surface area contributed by atoms with E-state index in [2.05, 4.69) is 116 Å². The van der Waals surface area contributed by atoms with Crippen LogP contribution in [-0.4, -0.2) is 140 Å². The number of amides is 1. The molecule has 2 heterocycles. The van der Waals surface area contributed by atoms with Crippen LogP contribution in [0.15, 0.2) is 109 Å². The highest BCUT2D eigenvalue weighted by atomic mass is 16.7. The summed E-state index contributed by atoms with van der Waals surface area (Å²) in [6.45, 7) is 2.72. The molecule has 1 amide bonds. The molecule has 2 rings (SSSR count). The molecule has 0 aromatic heterocycles. The zero-order valence-corrected chi connectivity index (χ0v) is 61.3. The van der Waals surface area contributed by atoms with Crippen molar-refractivity contribution in [2.24, 2.45) is 0 Å². The molecule has 0 aromatic rings. The van der Waals surface area contributed by atoms with Crippen molar-refractivity contribution in [2.45, 2.75) is 389 Å². The Morgan fingerprint density at radius 2 is 0.711 bits per heavy atom. The molecule has 9 N–H and O–H groups in total. The van der Waals surface area contributed by atoms with E-state index in [1.165, 1.54) is 199 Å². The minimum absolute atomic E-state index is 0.238. The van der Waals surface area contributed by atoms with Gasteiger partial charge in [0.2, 0.25) is 5.91 Å². The van der Waals surface area contributed by atoms with Crippen LogP contribution in [0.4, 0.5) is 0 Å². The average Bonchev–Trinajstić information content (AvgIpc) is 0.794. The standard InChI is InChI=1S/C83H145NO13/c1-3-5-7-9-11-13-15-17-19-21-23-25-27-28-29-30-31-32-33-34-35-36-37-38-39-40-41-42-43-44-45-47-49-51-53-55-57-59-61-63-65-67-75(88)84-71(70-94-82-80(93)78(91)81(74(69-86)96-82)97-83-79(92)77(90)76(89)73(68-85)95-83)72(87)66-64-62-60-58-56-54-52-50-48-46-26-24-22-20-18-16-14-12-10-8-6-4-2/h5,7,11,13,17,19,23,25,28-29,31-32,34-35,37-38,64,66,71-74,76-83,85-87,89-93H,3-4,6,8-10,12,14-16,18,20-22,24,26-27,30,33,36,39-63,65,67-70H2,1-2H3,(H,84,88)/b7-5-,13-11-,19-17-,25-23-,29-28-,32-31-,35-34-,38-37-,66-64+. The van der Waals surface area contributed by atoms with E-state index in [0.29, 0.717) is 6.42 Å². The lowest BCUT2D eigenvalue weighted by atomic mass is 9.97. The van der Waals surface area contributed by atoms with Gasteiger partial charge >= 0.3 is 0 Å². The van der Waals surface area contributed by atoms with Gasteiger partial charge in [0, 0.05) is 6.42 Å². The van der Waals surface area contributed by atoms with E-state index < -0.39 is 86.8 Å². The minimum Gasteiger partial charge on any atom is -0.394 e. The fourth-order valence-electron chi connectivity index (χ4n) is 12.5. The van der Waals surface area contributed by atoms with E-state index in [1.54, 1.807) is 6.08 Å². The number of ether oxygens (including phenoxy) is 4. The highest BCUT2D eigenvalue weighted by Gasteiger charge is 2.51. The highest BCUT2D eigenvalue weighted by Crippen LogP contribution is 2.30. The van der Waals surface area contributed by atoms with Crippen molar-refractivity contribution >= 4 is 5.91 Å². The number of nitrogens with one attached hydrogen (secondary N) is 1. The molecular formula is C83H145NO13. The number of rotatable bonds is 65. The average molecular weight is 1370 g/mol. The van der Waals surface area contributed by atoms with Gasteiger partial charge in [-0.25, -0.2) is 0 Å². The second-order valence-corrected chi connectivity index (χ2v) is 27.5. The molecule has 12 unspecified atom stereocenters. The molecule has 0 bridgehead atoms. The zero-order valence-electron chi connectivity index (χ0n) is 61.3. The first-order chi connectivity index (χ1) is 47.6. The van der Waals surface area contributed by atoms with E-state index in [9.17, 15) is 45.6 Å². The maximum absolute atomic E-state index is 13.4. The molecule has 0 radical (unpaired) electrons. The van der Waals surface area contributed by atoms with Gasteiger partial charge in [-0.3, -0.25) is 4.79 Å². The number of carbonyl (C=O) groups is 1. The molecule has 2 fully saturated rings. The van der Waals surface area contributed by atoms with Crippen molar-refractivity contribution in [2.75, 3.05) is 19.8 Å². The van der Waals surface area contributed by atoms with E-state index in [-0.39, 0.29) is 18.9 Å². The molecule has 97 heavy (non-hydrogen) atoms. The summed E-state index contributed by atoms with van der Waals surface area (Å²) in [5, 5.41) is 87.6. The Hall–Kier alpha value is -3.35. The summed E-state index contributed by atoms with van der Waals surface area (Å²) in [4.78, 5) is 13.4. The molecule has 2 saturated heterocycles. The minimum atomic E-state index is -1.79. The normalized spacial score (nSPS) is 22.7. The van der Waals surface area contributed by atoms with Crippen LogP contribution in [0.1, 0.15) is 316 Å². The fourth-order valence-corrected chi connectivity index (χ4v) is 12.5. The molecule has 0 spiro atoms. The molecule has 0 aliphatic carbocycles. The predicted octanol–water partition coefficient (Wildman–Crippen LogP) is 17.9. The van der Waals surface area contributed by atoms with Crippen LogP contribution < -0.4 is 5.32 Å². The number of aliphatic hydroxyl groups excluding tert-OH is 8. The number of hydrogen-bond donors (Lipinski definition) is 9. The third kappa shape index (κ3) is 49.0. The fraction of sp³-hybridized carbons (Fsp3) is 0.771. The molecule has 14 nitrogen and oxygen atoms in total. The van der Waals surface area contributed by atoms with Crippen molar-refractivity contribution in [3.63, 3.8) is 0 Å². The first-order valence-electron chi connectivity index (χ1n) is 39.6. The van der Waals surface area contributed by atoms with Gasteiger partial charge in [0.05, 0.1) is 32.0 Å². The van der Waals surface area contributed by atoms with Crippen LogP contribution in [0, 0.1) is 0 Å². The Balaban J connectivity index is 1.59. The van der Waals surface area contributed by atoms with Gasteiger partial charge in [-0.15, -0.1) is 0 Å². The largest absolute Gasteiger partial charge is 0.394 e. The monoisotopic (exact) mass is 1360 g/mol. The highest BCUT2D eigenvalue weighted by molar-refractivity contribution is 5.76. The van der Waals surface area contributed by atoms with Crippen LogP contribution in [0.2, 0.25) is 0 Å². The van der Waals surface area contributed by atoms with Crippen molar-refractivity contribution in [1.29, 1.82) is 0 Å². The molecular weight excluding hydrogens is 1220 g/mol. The quantitative estimate of drug-likeness (QED) is 0.0204. The van der Waals surface area contributed by atoms with Gasteiger partial charge in [0.15, 0.2) is 12.6 Å². The molecule has 2 aliphatic heterocycles. The first-order valence-corrected chi connectivity index (χ1v) is 39.6. The van der Waals surface area contributed by atoms with Crippen LogP contribution in [0.25, 0.3) is 0 Å². The van der Waals surface area contributed by atoms with Gasteiger partial charge in [0.25, 0.3) is 0 Å². The lowest BCUT2D eigenvalue weighted by Gasteiger charge is -2.46. The van der Waals surface area contributed by atoms with Gasteiger partial charge in [-0.05, 0) is 83.5 Å². The molecule has 14 heteroatoms. The Labute approximate surface area is 591 Å². The van der Waals surface area contributed by atoms with Crippen molar-refractivity contribution in [1.82, 2.24) is 5.32 Å². The molecule has 2 aliphatic rings. The summed E-state index contributed by atoms with van der Waals surface area (Å²) >= 11 is 0. The van der Waals surface area contributed by atoms with E-state index in [0.717, 1.165) is 89.9 Å². The second-order valence-electron chi connectivity index (χ2n) is 27.5. The first kappa shape index (κ1) is 89.7. The third-order valence-corrected chi connectivity index (χ3v) is 18.7. The van der Waals surface area contributed by atoms with Crippen LogP contribution in [-0.2, 0) is 23.7 Å². The summed E-state index contributed by atoms with van der Waals surface area (Å²) in [7, 11) is 0. The Morgan fingerprint density at radius 3 is 1.09 bits per heavy atom. The number of hydrogen-bond acceptors (Lipinski definition) is 13. The van der Waals surface area contributed by atoms with Gasteiger partial charge in [0.1, 0.15) is 48.8 Å². The molecule has 12 atom stereocenters.